The first kappa shape index (κ1) is 15.7. The summed E-state index contributed by atoms with van der Waals surface area (Å²) in [6.07, 6.45) is 2.98. The van der Waals surface area contributed by atoms with Crippen LogP contribution in [-0.2, 0) is 0 Å². The van der Waals surface area contributed by atoms with Crippen molar-refractivity contribution in [3.63, 3.8) is 0 Å². The molecule has 0 spiro atoms. The highest BCUT2D eigenvalue weighted by molar-refractivity contribution is 14.1. The molecule has 0 saturated heterocycles. The van der Waals surface area contributed by atoms with Crippen LogP contribution in [0.1, 0.15) is 35.8 Å². The van der Waals surface area contributed by atoms with Gasteiger partial charge in [0, 0.05) is 3.57 Å². The highest BCUT2D eigenvalue weighted by Gasteiger charge is 2.23. The Morgan fingerprint density at radius 2 is 2.19 bits per heavy atom. The van der Waals surface area contributed by atoms with Crippen LogP contribution in [0.5, 0.6) is 0 Å². The molecule has 0 atom stereocenters. The molecule has 0 aromatic carbocycles. The minimum Gasteiger partial charge on any atom is -0.477 e. The quantitative estimate of drug-likeness (QED) is 0.603. The largest absolute Gasteiger partial charge is 0.477 e. The summed E-state index contributed by atoms with van der Waals surface area (Å²) >= 11 is 1.84. The smallest absolute Gasteiger partial charge is 0.342 e. The van der Waals surface area contributed by atoms with E-state index in [9.17, 15) is 14.7 Å². The Labute approximate surface area is 134 Å². The zero-order valence-corrected chi connectivity index (χ0v) is 13.7. The first-order valence-corrected chi connectivity index (χ1v) is 7.49. The van der Waals surface area contributed by atoms with Gasteiger partial charge in [0.1, 0.15) is 18.5 Å². The molecule has 0 saturated carbocycles. The van der Waals surface area contributed by atoms with Gasteiger partial charge in [-0.05, 0) is 35.9 Å². The summed E-state index contributed by atoms with van der Waals surface area (Å²) in [6, 6.07) is 0. The van der Waals surface area contributed by atoms with Gasteiger partial charge in [0.15, 0.2) is 5.65 Å². The number of carboxylic acid groups (broad SMARTS) is 1. The number of carbonyl (C=O) groups is 1. The lowest BCUT2D eigenvalue weighted by Gasteiger charge is -2.14. The lowest BCUT2D eigenvalue weighted by molar-refractivity contribution is 0.0680. The van der Waals surface area contributed by atoms with E-state index < -0.39 is 11.5 Å². The third-order valence-corrected chi connectivity index (χ3v) is 4.06. The van der Waals surface area contributed by atoms with Crippen LogP contribution >= 0.6 is 22.6 Å². The van der Waals surface area contributed by atoms with E-state index in [1.54, 1.807) is 6.92 Å². The lowest BCUT2D eigenvalue weighted by Crippen LogP contribution is -2.34. The molecule has 112 valence electrons. The van der Waals surface area contributed by atoms with E-state index in [1.165, 1.54) is 6.33 Å². The van der Waals surface area contributed by atoms with E-state index in [0.29, 0.717) is 21.3 Å². The molecule has 0 aliphatic carbocycles. The van der Waals surface area contributed by atoms with E-state index in [4.69, 9.17) is 4.84 Å². The van der Waals surface area contributed by atoms with Crippen LogP contribution in [0.15, 0.2) is 11.1 Å². The first-order chi connectivity index (χ1) is 9.99. The Morgan fingerprint density at radius 3 is 2.81 bits per heavy atom. The third kappa shape index (κ3) is 2.85. The molecule has 0 aliphatic heterocycles. The monoisotopic (exact) mass is 403 g/mol. The van der Waals surface area contributed by atoms with E-state index in [-0.39, 0.29) is 11.2 Å². The Morgan fingerprint density at radius 1 is 1.48 bits per heavy atom. The maximum Gasteiger partial charge on any atom is 0.342 e. The maximum atomic E-state index is 12.3. The summed E-state index contributed by atoms with van der Waals surface area (Å²) < 4.78 is 1.29. The number of aromatic nitrogens is 3. The zero-order valence-electron chi connectivity index (χ0n) is 11.6. The predicted molar refractivity (Wildman–Crippen MR) is 84.6 cm³/mol. The lowest BCUT2D eigenvalue weighted by atomic mass is 10.2. The molecule has 0 bridgehead atoms. The molecular weight excluding hydrogens is 389 g/mol. The maximum absolute atomic E-state index is 12.3. The summed E-state index contributed by atoms with van der Waals surface area (Å²) in [5.74, 6) is -1.29. The average Bonchev–Trinajstić information content (AvgIpc) is 2.42. The van der Waals surface area contributed by atoms with Crippen LogP contribution < -0.4 is 10.4 Å². The molecule has 0 radical (unpaired) electrons. The number of pyridine rings is 1. The van der Waals surface area contributed by atoms with Crippen molar-refractivity contribution in [1.82, 2.24) is 14.7 Å². The Kier molecular flexibility index (Phi) is 4.76. The van der Waals surface area contributed by atoms with Crippen molar-refractivity contribution < 1.29 is 14.7 Å². The van der Waals surface area contributed by atoms with Crippen LogP contribution in [0.3, 0.4) is 0 Å². The Bertz CT molecular complexity index is 757. The second-order valence-electron chi connectivity index (χ2n) is 4.44. The second kappa shape index (κ2) is 6.37. The van der Waals surface area contributed by atoms with Gasteiger partial charge in [-0.3, -0.25) is 4.79 Å². The van der Waals surface area contributed by atoms with Crippen molar-refractivity contribution in [3.8, 4) is 0 Å². The fourth-order valence-electron chi connectivity index (χ4n) is 1.89. The Hall–Kier alpha value is -1.71. The standard InChI is InChI=1S/C13H14IN3O4/c1-3-4-5-21-17-11-8(7(2)15-6-16-11)10(14)9(12(17)18)13(19)20/h6H,3-5H2,1-2H3,(H,19,20). The summed E-state index contributed by atoms with van der Waals surface area (Å²) in [6.45, 7) is 4.04. The molecule has 8 heteroatoms. The van der Waals surface area contributed by atoms with Gasteiger partial charge in [-0.15, -0.1) is 4.73 Å². The fraction of sp³-hybridized carbons (Fsp3) is 0.385. The molecule has 0 amide bonds. The molecule has 21 heavy (non-hydrogen) atoms. The van der Waals surface area contributed by atoms with E-state index in [0.717, 1.165) is 17.6 Å². The van der Waals surface area contributed by atoms with Crippen LogP contribution in [-0.4, -0.2) is 32.4 Å². The number of unbranched alkanes of at least 4 members (excludes halogenated alkanes) is 1. The van der Waals surface area contributed by atoms with Crippen LogP contribution in [0, 0.1) is 10.5 Å². The number of carboxylic acids is 1. The third-order valence-electron chi connectivity index (χ3n) is 2.98. The molecule has 7 nitrogen and oxygen atoms in total. The normalized spacial score (nSPS) is 10.8. The minimum absolute atomic E-state index is 0.290. The van der Waals surface area contributed by atoms with Gasteiger partial charge in [0.05, 0.1) is 11.1 Å². The highest BCUT2D eigenvalue weighted by atomic mass is 127. The topological polar surface area (TPSA) is 94.3 Å². The van der Waals surface area contributed by atoms with Gasteiger partial charge in [-0.25, -0.2) is 14.8 Å². The van der Waals surface area contributed by atoms with Gasteiger partial charge in [-0.1, -0.05) is 13.3 Å². The summed E-state index contributed by atoms with van der Waals surface area (Å²) in [5.41, 5.74) is -0.149. The molecule has 0 aliphatic rings. The average molecular weight is 403 g/mol. The minimum atomic E-state index is -1.29. The Balaban J connectivity index is 2.79. The second-order valence-corrected chi connectivity index (χ2v) is 5.52. The number of nitrogens with zero attached hydrogens (tertiary/aromatic N) is 3. The molecule has 2 rings (SSSR count). The van der Waals surface area contributed by atoms with Crippen molar-refractivity contribution in [2.45, 2.75) is 26.7 Å². The summed E-state index contributed by atoms with van der Waals surface area (Å²) in [7, 11) is 0. The van der Waals surface area contributed by atoms with E-state index >= 15 is 0 Å². The number of hydrogen-bond donors (Lipinski definition) is 1. The first-order valence-electron chi connectivity index (χ1n) is 6.41. The number of aromatic carboxylic acids is 1. The zero-order chi connectivity index (χ0) is 15.6. The van der Waals surface area contributed by atoms with Crippen LogP contribution in [0.4, 0.5) is 0 Å². The van der Waals surface area contributed by atoms with Gasteiger partial charge >= 0.3 is 11.5 Å². The molecule has 2 aromatic rings. The number of rotatable bonds is 5. The number of fused-ring (bicyclic) bond motifs is 1. The van der Waals surface area contributed by atoms with Crippen molar-refractivity contribution in [2.24, 2.45) is 0 Å². The van der Waals surface area contributed by atoms with Crippen LogP contribution in [0.25, 0.3) is 11.0 Å². The van der Waals surface area contributed by atoms with Gasteiger partial charge in [0.2, 0.25) is 0 Å². The van der Waals surface area contributed by atoms with E-state index in [2.05, 4.69) is 9.97 Å². The van der Waals surface area contributed by atoms with E-state index in [1.807, 2.05) is 29.5 Å². The van der Waals surface area contributed by atoms with Crippen molar-refractivity contribution in [2.75, 3.05) is 6.61 Å². The van der Waals surface area contributed by atoms with Gasteiger partial charge in [0.25, 0.3) is 0 Å². The molecular formula is C13H14IN3O4. The van der Waals surface area contributed by atoms with Crippen molar-refractivity contribution >= 4 is 39.6 Å². The fourth-order valence-corrected chi connectivity index (χ4v) is 2.99. The summed E-state index contributed by atoms with van der Waals surface area (Å²) in [4.78, 5) is 37.3. The molecule has 0 unspecified atom stereocenters. The van der Waals surface area contributed by atoms with Crippen LogP contribution in [0.2, 0.25) is 0 Å². The molecule has 2 aromatic heterocycles. The SMILES string of the molecule is CCCCOn1c(=O)c(C(=O)O)c(I)c2c(C)ncnc21. The molecule has 0 fully saturated rings. The summed E-state index contributed by atoms with van der Waals surface area (Å²) in [5, 5.41) is 9.80. The molecule has 1 N–H and O–H groups in total. The van der Waals surface area contributed by atoms with Gasteiger partial charge < -0.3 is 9.94 Å². The highest BCUT2D eigenvalue weighted by Crippen LogP contribution is 2.22. The number of halogens is 1. The number of hydrogen-bond acceptors (Lipinski definition) is 5. The van der Waals surface area contributed by atoms with Crippen molar-refractivity contribution in [3.05, 3.63) is 31.5 Å². The predicted octanol–water partition coefficient (Wildman–Crippen LogP) is 1.63. The van der Waals surface area contributed by atoms with Crippen molar-refractivity contribution in [1.29, 1.82) is 0 Å². The molecule has 2 heterocycles. The number of aryl methyl sites for hydroxylation is 1. The van der Waals surface area contributed by atoms with Gasteiger partial charge in [-0.2, -0.15) is 0 Å².